The zero-order valence-corrected chi connectivity index (χ0v) is 24.2. The summed E-state index contributed by atoms with van der Waals surface area (Å²) < 4.78 is 18.9. The predicted molar refractivity (Wildman–Crippen MR) is 134 cm³/mol. The molecular formula is C18H39O3P3S3. The van der Waals surface area contributed by atoms with Gasteiger partial charge in [-0.3, -0.25) is 0 Å². The van der Waals surface area contributed by atoms with Crippen molar-refractivity contribution in [1.82, 2.24) is 0 Å². The smallest absolute Gasteiger partial charge is 0.0877 e. The molecule has 0 unspecified atom stereocenters. The molecule has 3 nitrogen and oxygen atoms in total. The van der Waals surface area contributed by atoms with E-state index in [4.69, 9.17) is 49.0 Å². The lowest BCUT2D eigenvalue weighted by atomic mass is 9.99. The molecule has 0 atom stereocenters. The summed E-state index contributed by atoms with van der Waals surface area (Å²) in [7, 11) is 5.25. The zero-order chi connectivity index (χ0) is 21.9. The van der Waals surface area contributed by atoms with Gasteiger partial charge in [0.05, 0.1) is 35.0 Å². The van der Waals surface area contributed by atoms with Crippen molar-refractivity contribution in [3.05, 3.63) is 0 Å². The summed E-state index contributed by atoms with van der Waals surface area (Å²) in [5, 5.41) is -0.00785. The van der Waals surface area contributed by atoms with Crippen LogP contribution in [-0.2, 0) is 49.0 Å². The summed E-state index contributed by atoms with van der Waals surface area (Å²) in [4.78, 5) is 0. The van der Waals surface area contributed by atoms with Gasteiger partial charge < -0.3 is 13.6 Å². The highest BCUT2D eigenvalue weighted by molar-refractivity contribution is 8.33. The number of hydrogen-bond donors (Lipinski definition) is 0. The molecule has 0 saturated carbocycles. The van der Waals surface area contributed by atoms with E-state index >= 15 is 0 Å². The maximum Gasteiger partial charge on any atom is 0.0877 e. The van der Waals surface area contributed by atoms with Gasteiger partial charge in [0.25, 0.3) is 0 Å². The van der Waals surface area contributed by atoms with Crippen molar-refractivity contribution in [2.24, 2.45) is 16.2 Å². The van der Waals surface area contributed by atoms with E-state index in [1.165, 1.54) is 0 Å². The Morgan fingerprint density at radius 2 is 0.630 bits per heavy atom. The van der Waals surface area contributed by atoms with Crippen LogP contribution >= 0.6 is 18.8 Å². The predicted octanol–water partition coefficient (Wildman–Crippen LogP) is 7.24. The van der Waals surface area contributed by atoms with Gasteiger partial charge >= 0.3 is 0 Å². The Kier molecular flexibility index (Phi) is 8.03. The second kappa shape index (κ2) is 8.07. The molecule has 0 bridgehead atoms. The fourth-order valence-corrected chi connectivity index (χ4v) is 38.7. The molecule has 1 heterocycles. The van der Waals surface area contributed by atoms with Gasteiger partial charge in [-0.25, -0.2) is 0 Å². The lowest BCUT2D eigenvalue weighted by molar-refractivity contribution is 0.319. The highest BCUT2D eigenvalue weighted by Gasteiger charge is 2.69. The average Bonchev–Trinajstić information content (AvgIpc) is 2.41. The van der Waals surface area contributed by atoms with Crippen LogP contribution in [0.25, 0.3) is 0 Å². The first-order valence-corrected chi connectivity index (χ1v) is 17.8. The van der Waals surface area contributed by atoms with Gasteiger partial charge in [0.2, 0.25) is 0 Å². The molecule has 0 aliphatic carbocycles. The SMILES string of the molecule is COP1(=S)C(C(C)(C)C)P(=S)(OC)C(C(C)(C)C)P(=S)(OC)C1C(C)(C)C. The molecule has 0 amide bonds. The Balaban J connectivity index is 4.20. The molecule has 0 aromatic rings. The van der Waals surface area contributed by atoms with Gasteiger partial charge in [-0.1, -0.05) is 97.7 Å². The second-order valence-corrected chi connectivity index (χ2v) is 25.1. The van der Waals surface area contributed by atoms with E-state index < -0.39 is 18.8 Å². The van der Waals surface area contributed by atoms with Gasteiger partial charge in [-0.2, -0.15) is 0 Å². The molecule has 0 spiro atoms. The largest absolute Gasteiger partial charge is 0.352 e. The van der Waals surface area contributed by atoms with E-state index in [9.17, 15) is 0 Å². The minimum Gasteiger partial charge on any atom is -0.352 e. The summed E-state index contributed by atoms with van der Waals surface area (Å²) in [5.41, 5.74) is -0.421. The zero-order valence-electron chi connectivity index (χ0n) is 19.0. The first-order chi connectivity index (χ1) is 11.8. The van der Waals surface area contributed by atoms with Gasteiger partial charge in [0, 0.05) is 21.3 Å². The molecule has 27 heavy (non-hydrogen) atoms. The maximum absolute atomic E-state index is 6.45. The Hall–Kier alpha value is 1.83. The van der Waals surface area contributed by atoms with Crippen LogP contribution in [0.4, 0.5) is 0 Å². The van der Waals surface area contributed by atoms with Crippen LogP contribution in [0.3, 0.4) is 0 Å². The maximum atomic E-state index is 6.45. The Morgan fingerprint density at radius 3 is 0.704 bits per heavy atom. The van der Waals surface area contributed by atoms with Crippen molar-refractivity contribution in [1.29, 1.82) is 0 Å². The van der Waals surface area contributed by atoms with Crippen molar-refractivity contribution < 1.29 is 13.6 Å². The monoisotopic (exact) mass is 492 g/mol. The molecule has 1 fully saturated rings. The lowest BCUT2D eigenvalue weighted by Crippen LogP contribution is -2.47. The number of hydrogen-bond acceptors (Lipinski definition) is 6. The molecule has 0 aromatic heterocycles. The van der Waals surface area contributed by atoms with Crippen LogP contribution in [0, 0.1) is 16.2 Å². The van der Waals surface area contributed by atoms with Crippen LogP contribution in [0.5, 0.6) is 0 Å². The van der Waals surface area contributed by atoms with Crippen LogP contribution in [0.1, 0.15) is 62.3 Å². The summed E-state index contributed by atoms with van der Waals surface area (Å²) in [6, 6.07) is 0. The third-order valence-electron chi connectivity index (χ3n) is 5.23. The summed E-state index contributed by atoms with van der Waals surface area (Å²) in [5.74, 6) is 0. The van der Waals surface area contributed by atoms with Crippen LogP contribution in [0.15, 0.2) is 0 Å². The third-order valence-corrected chi connectivity index (χ3v) is 29.8. The van der Waals surface area contributed by atoms with Crippen LogP contribution in [0.2, 0.25) is 0 Å². The van der Waals surface area contributed by atoms with E-state index in [1.807, 2.05) is 0 Å². The fraction of sp³-hybridized carbons (Fsp3) is 1.00. The van der Waals surface area contributed by atoms with Gasteiger partial charge in [0.15, 0.2) is 0 Å². The fourth-order valence-electron chi connectivity index (χ4n) is 4.91. The van der Waals surface area contributed by atoms with E-state index in [1.54, 1.807) is 21.3 Å². The molecule has 162 valence electrons. The van der Waals surface area contributed by atoms with Gasteiger partial charge in [0.1, 0.15) is 0 Å². The quantitative estimate of drug-likeness (QED) is 0.386. The van der Waals surface area contributed by atoms with E-state index in [0.29, 0.717) is 0 Å². The third kappa shape index (κ3) is 4.42. The molecule has 1 saturated heterocycles. The number of rotatable bonds is 3. The molecule has 1 aliphatic rings. The molecular weight excluding hydrogens is 453 g/mol. The minimum absolute atomic E-state index is 0.00262. The van der Waals surface area contributed by atoms with Gasteiger partial charge in [-0.05, 0) is 16.2 Å². The Bertz CT molecular complexity index is 582. The van der Waals surface area contributed by atoms with Crippen molar-refractivity contribution >= 4 is 54.2 Å². The Morgan fingerprint density at radius 1 is 0.481 bits per heavy atom. The topological polar surface area (TPSA) is 27.7 Å². The summed E-state index contributed by atoms with van der Waals surface area (Å²) >= 11 is 19.4. The molecule has 0 aromatic carbocycles. The van der Waals surface area contributed by atoms with E-state index in [2.05, 4.69) is 62.3 Å². The average molecular weight is 493 g/mol. The summed E-state index contributed by atoms with van der Waals surface area (Å²) in [6.45, 7) is 20.0. The first kappa shape index (κ1) is 26.9. The van der Waals surface area contributed by atoms with Crippen molar-refractivity contribution in [2.75, 3.05) is 21.3 Å². The molecule has 0 N–H and O–H groups in total. The van der Waals surface area contributed by atoms with Crippen LogP contribution in [-0.4, -0.2) is 37.5 Å². The first-order valence-electron chi connectivity index (χ1n) is 9.24. The molecule has 0 radical (unpaired) electrons. The highest BCUT2D eigenvalue weighted by atomic mass is 32.5. The molecule has 1 aliphatic heterocycles. The normalized spacial score (nSPS) is 41.6. The molecule has 1 rings (SSSR count). The lowest BCUT2D eigenvalue weighted by Gasteiger charge is -2.63. The standard InChI is InChI=1S/C18H39O3P3S3/c1-16(2,3)13-22(25,19-10)14(17(4,5)6)24(27,21-12)15(18(7,8)9)23(13,26)20-11/h13-15H,1-12H3. The highest BCUT2D eigenvalue weighted by Crippen LogP contribution is 2.95. The van der Waals surface area contributed by atoms with E-state index in [0.717, 1.165) is 0 Å². The van der Waals surface area contributed by atoms with Crippen molar-refractivity contribution in [3.63, 3.8) is 0 Å². The van der Waals surface area contributed by atoms with Crippen molar-refractivity contribution in [3.8, 4) is 0 Å². The molecule has 9 heteroatoms. The second-order valence-electron chi connectivity index (χ2n) is 10.7. The Labute approximate surface area is 183 Å². The minimum atomic E-state index is -2.47. The van der Waals surface area contributed by atoms with E-state index in [-0.39, 0.29) is 32.4 Å². The van der Waals surface area contributed by atoms with Gasteiger partial charge in [-0.15, -0.1) is 0 Å². The summed E-state index contributed by atoms with van der Waals surface area (Å²) in [6.07, 6.45) is -7.40. The van der Waals surface area contributed by atoms with Crippen molar-refractivity contribution in [2.45, 2.75) is 78.5 Å². The van der Waals surface area contributed by atoms with Crippen LogP contribution < -0.4 is 0 Å².